The van der Waals surface area contributed by atoms with E-state index in [-0.39, 0.29) is 17.1 Å². The highest BCUT2D eigenvalue weighted by Crippen LogP contribution is 2.32. The number of amides is 2. The van der Waals surface area contributed by atoms with Crippen molar-refractivity contribution in [2.45, 2.75) is 25.8 Å². The number of nitrogens with one attached hydrogen (secondary N) is 1. The summed E-state index contributed by atoms with van der Waals surface area (Å²) in [5.41, 5.74) is 1.21. The molecule has 0 bridgehead atoms. The molecule has 1 saturated heterocycles. The number of nitrogens with zero attached hydrogens (tertiary/aromatic N) is 2. The molecule has 0 radical (unpaired) electrons. The lowest BCUT2D eigenvalue weighted by Crippen LogP contribution is -2.34. The highest BCUT2D eigenvalue weighted by Gasteiger charge is 2.32. The second-order valence-corrected chi connectivity index (χ2v) is 5.68. The smallest absolute Gasteiger partial charge is 0.322 e. The summed E-state index contributed by atoms with van der Waals surface area (Å²) in [6.07, 6.45) is 1.73. The van der Waals surface area contributed by atoms with Crippen LogP contribution in [0.2, 0.25) is 5.02 Å². The summed E-state index contributed by atoms with van der Waals surface area (Å²) in [6, 6.07) is 5.56. The minimum Gasteiger partial charge on any atom is -0.361 e. The Bertz CT molecular complexity index is 704. The van der Waals surface area contributed by atoms with Gasteiger partial charge in [-0.15, -0.1) is 0 Å². The molecule has 1 aliphatic heterocycles. The Morgan fingerprint density at radius 2 is 2.32 bits per heavy atom. The number of rotatable bonds is 2. The van der Waals surface area contributed by atoms with E-state index in [0.29, 0.717) is 18.0 Å². The highest BCUT2D eigenvalue weighted by molar-refractivity contribution is 6.31. The van der Waals surface area contributed by atoms with Crippen LogP contribution in [0.1, 0.15) is 30.3 Å². The molecule has 2 heterocycles. The Kier molecular flexibility index (Phi) is 4.02. The lowest BCUT2D eigenvalue weighted by molar-refractivity contribution is 0.204. The van der Waals surface area contributed by atoms with E-state index in [2.05, 4.69) is 10.5 Å². The summed E-state index contributed by atoms with van der Waals surface area (Å²) in [5, 5.41) is 6.71. The molecule has 1 aromatic heterocycles. The quantitative estimate of drug-likeness (QED) is 0.903. The van der Waals surface area contributed by atoms with Crippen molar-refractivity contribution in [3.63, 3.8) is 0 Å². The summed E-state index contributed by atoms with van der Waals surface area (Å²) >= 11 is 5.72. The first-order valence-corrected chi connectivity index (χ1v) is 7.38. The molecule has 1 aliphatic rings. The first kappa shape index (κ1) is 14.8. The number of anilines is 1. The average Bonchev–Trinajstić information content (AvgIpc) is 3.11. The zero-order chi connectivity index (χ0) is 15.7. The lowest BCUT2D eigenvalue weighted by Gasteiger charge is -2.23. The maximum atomic E-state index is 13.1. The van der Waals surface area contributed by atoms with Crippen molar-refractivity contribution < 1.29 is 13.7 Å². The average molecular weight is 324 g/mol. The minimum atomic E-state index is -0.517. The molecule has 3 rings (SSSR count). The van der Waals surface area contributed by atoms with Gasteiger partial charge in [0.15, 0.2) is 0 Å². The topological polar surface area (TPSA) is 58.4 Å². The van der Waals surface area contributed by atoms with Crippen LogP contribution in [0.5, 0.6) is 0 Å². The van der Waals surface area contributed by atoms with Crippen LogP contribution in [0.25, 0.3) is 0 Å². The standard InChI is InChI=1S/C15H15ClFN3O2/c1-9-7-13(19-22-9)14-3-2-6-20(14)15(21)18-10-4-5-12(17)11(16)8-10/h4-5,7-8,14H,2-3,6H2,1H3,(H,18,21)/t14-/m1/s1. The molecule has 1 N–H and O–H groups in total. The van der Waals surface area contributed by atoms with Crippen molar-refractivity contribution in [3.05, 3.63) is 46.6 Å². The summed E-state index contributed by atoms with van der Waals surface area (Å²) < 4.78 is 18.2. The Morgan fingerprint density at radius 1 is 1.50 bits per heavy atom. The normalized spacial score (nSPS) is 17.8. The van der Waals surface area contributed by atoms with E-state index in [0.717, 1.165) is 18.5 Å². The van der Waals surface area contributed by atoms with Gasteiger partial charge in [0.1, 0.15) is 17.3 Å². The summed E-state index contributed by atoms with van der Waals surface area (Å²) in [5.74, 6) is 0.198. The van der Waals surface area contributed by atoms with Crippen LogP contribution in [-0.2, 0) is 0 Å². The van der Waals surface area contributed by atoms with Gasteiger partial charge in [0.25, 0.3) is 0 Å². The molecule has 0 spiro atoms. The second kappa shape index (κ2) is 5.96. The maximum Gasteiger partial charge on any atom is 0.322 e. The zero-order valence-corrected chi connectivity index (χ0v) is 12.7. The van der Waals surface area contributed by atoms with Gasteiger partial charge in [0, 0.05) is 18.3 Å². The van der Waals surface area contributed by atoms with E-state index in [1.165, 1.54) is 18.2 Å². The van der Waals surface area contributed by atoms with Crippen molar-refractivity contribution in [1.82, 2.24) is 10.1 Å². The van der Waals surface area contributed by atoms with E-state index in [1.807, 2.05) is 13.0 Å². The van der Waals surface area contributed by atoms with E-state index >= 15 is 0 Å². The fourth-order valence-electron chi connectivity index (χ4n) is 2.63. The number of halogens is 2. The number of hydrogen-bond donors (Lipinski definition) is 1. The van der Waals surface area contributed by atoms with Gasteiger partial charge in [-0.25, -0.2) is 9.18 Å². The first-order chi connectivity index (χ1) is 10.5. The van der Waals surface area contributed by atoms with Crippen LogP contribution < -0.4 is 5.32 Å². The van der Waals surface area contributed by atoms with E-state index in [4.69, 9.17) is 16.1 Å². The Labute approximate surface area is 132 Å². The lowest BCUT2D eigenvalue weighted by atomic mass is 10.1. The zero-order valence-electron chi connectivity index (χ0n) is 12.0. The van der Waals surface area contributed by atoms with Gasteiger partial charge in [-0.3, -0.25) is 0 Å². The van der Waals surface area contributed by atoms with Crippen molar-refractivity contribution in [2.75, 3.05) is 11.9 Å². The predicted octanol–water partition coefficient (Wildman–Crippen LogP) is 4.14. The summed E-state index contributed by atoms with van der Waals surface area (Å²) in [4.78, 5) is 14.1. The van der Waals surface area contributed by atoms with Crippen LogP contribution in [0.4, 0.5) is 14.9 Å². The molecule has 2 aromatic rings. The van der Waals surface area contributed by atoms with Crippen molar-refractivity contribution >= 4 is 23.3 Å². The van der Waals surface area contributed by atoms with E-state index < -0.39 is 5.82 Å². The molecule has 5 nitrogen and oxygen atoms in total. The highest BCUT2D eigenvalue weighted by atomic mass is 35.5. The molecule has 1 atom stereocenters. The number of carbonyl (C=O) groups excluding carboxylic acids is 1. The van der Waals surface area contributed by atoms with Crippen LogP contribution in [0, 0.1) is 12.7 Å². The molecule has 0 saturated carbocycles. The third kappa shape index (κ3) is 2.92. The fraction of sp³-hybridized carbons (Fsp3) is 0.333. The molecule has 22 heavy (non-hydrogen) atoms. The van der Waals surface area contributed by atoms with Crippen LogP contribution >= 0.6 is 11.6 Å². The maximum absolute atomic E-state index is 13.1. The number of benzene rings is 1. The van der Waals surface area contributed by atoms with Gasteiger partial charge < -0.3 is 14.7 Å². The number of hydrogen-bond acceptors (Lipinski definition) is 3. The third-order valence-corrected chi connectivity index (χ3v) is 3.96. The minimum absolute atomic E-state index is 0.0251. The molecule has 7 heteroatoms. The summed E-state index contributed by atoms with van der Waals surface area (Å²) in [6.45, 7) is 2.45. The number of likely N-dealkylation sites (tertiary alicyclic amines) is 1. The van der Waals surface area contributed by atoms with Crippen LogP contribution in [-0.4, -0.2) is 22.6 Å². The molecule has 0 aliphatic carbocycles. The van der Waals surface area contributed by atoms with Gasteiger partial charge in [0.05, 0.1) is 11.1 Å². The van der Waals surface area contributed by atoms with Gasteiger partial charge >= 0.3 is 6.03 Å². The van der Waals surface area contributed by atoms with Gasteiger partial charge in [-0.05, 0) is 38.0 Å². The molecule has 0 unspecified atom stereocenters. The van der Waals surface area contributed by atoms with Crippen LogP contribution in [0.15, 0.2) is 28.8 Å². The number of carbonyl (C=O) groups is 1. The van der Waals surface area contributed by atoms with Crippen molar-refractivity contribution in [2.24, 2.45) is 0 Å². The molecule has 116 valence electrons. The number of aryl methyl sites for hydroxylation is 1. The molecular formula is C15H15ClFN3O2. The SMILES string of the molecule is Cc1cc([C@H]2CCCN2C(=O)Nc2ccc(F)c(Cl)c2)no1. The van der Waals surface area contributed by atoms with Crippen LogP contribution in [0.3, 0.4) is 0 Å². The molecule has 2 amide bonds. The molecule has 1 fully saturated rings. The second-order valence-electron chi connectivity index (χ2n) is 5.27. The fourth-order valence-corrected chi connectivity index (χ4v) is 2.81. The largest absolute Gasteiger partial charge is 0.361 e. The first-order valence-electron chi connectivity index (χ1n) is 7.00. The van der Waals surface area contributed by atoms with Gasteiger partial charge in [-0.2, -0.15) is 0 Å². The number of urea groups is 1. The number of aromatic nitrogens is 1. The van der Waals surface area contributed by atoms with Crippen molar-refractivity contribution in [1.29, 1.82) is 0 Å². The summed E-state index contributed by atoms with van der Waals surface area (Å²) in [7, 11) is 0. The molecule has 1 aromatic carbocycles. The molecular weight excluding hydrogens is 309 g/mol. The van der Waals surface area contributed by atoms with Gasteiger partial charge in [-0.1, -0.05) is 16.8 Å². The monoisotopic (exact) mass is 323 g/mol. The predicted molar refractivity (Wildman–Crippen MR) is 80.3 cm³/mol. The Morgan fingerprint density at radius 3 is 3.00 bits per heavy atom. The Balaban J connectivity index is 1.74. The van der Waals surface area contributed by atoms with Crippen molar-refractivity contribution in [3.8, 4) is 0 Å². The Hall–Kier alpha value is -2.08. The third-order valence-electron chi connectivity index (χ3n) is 3.67. The van der Waals surface area contributed by atoms with E-state index in [9.17, 15) is 9.18 Å². The van der Waals surface area contributed by atoms with Gasteiger partial charge in [0.2, 0.25) is 0 Å². The van der Waals surface area contributed by atoms with E-state index in [1.54, 1.807) is 4.90 Å².